The molecule has 0 amide bonds. The number of ether oxygens (including phenoxy) is 3. The summed E-state index contributed by atoms with van der Waals surface area (Å²) in [6.07, 6.45) is -0.956. The second-order valence-corrected chi connectivity index (χ2v) is 4.45. The standard InChI is InChI=1S/C9H18N4O4S/c1-15-5-7(14)6-18-9-10-11-12-13(9)4-8(16-2)17-3/h7-8,14H,4-6H2,1-3H3. The van der Waals surface area contributed by atoms with Crippen LogP contribution in [0.3, 0.4) is 0 Å². The number of aliphatic hydroxyl groups is 1. The normalized spacial score (nSPS) is 13.2. The van der Waals surface area contributed by atoms with Crippen LogP contribution in [-0.4, -0.2) is 71.4 Å². The second-order valence-electron chi connectivity index (χ2n) is 3.46. The van der Waals surface area contributed by atoms with Crippen LogP contribution in [0, 0.1) is 0 Å². The van der Waals surface area contributed by atoms with Gasteiger partial charge in [-0.15, -0.1) is 5.10 Å². The van der Waals surface area contributed by atoms with E-state index >= 15 is 0 Å². The van der Waals surface area contributed by atoms with Gasteiger partial charge in [-0.05, 0) is 10.4 Å². The van der Waals surface area contributed by atoms with E-state index < -0.39 is 12.4 Å². The van der Waals surface area contributed by atoms with E-state index in [1.165, 1.54) is 11.8 Å². The molecule has 8 nitrogen and oxygen atoms in total. The number of tetrazole rings is 1. The molecule has 104 valence electrons. The molecule has 0 aromatic carbocycles. The highest BCUT2D eigenvalue weighted by atomic mass is 32.2. The van der Waals surface area contributed by atoms with Crippen molar-refractivity contribution >= 4 is 11.8 Å². The zero-order valence-electron chi connectivity index (χ0n) is 10.6. The van der Waals surface area contributed by atoms with Gasteiger partial charge in [0.1, 0.15) is 0 Å². The van der Waals surface area contributed by atoms with Crippen molar-refractivity contribution in [2.75, 3.05) is 33.7 Å². The van der Waals surface area contributed by atoms with Crippen molar-refractivity contribution in [2.45, 2.75) is 24.1 Å². The van der Waals surface area contributed by atoms with E-state index in [0.29, 0.717) is 17.5 Å². The maximum Gasteiger partial charge on any atom is 0.209 e. The minimum atomic E-state index is -0.550. The van der Waals surface area contributed by atoms with Crippen molar-refractivity contribution in [1.82, 2.24) is 20.2 Å². The quantitative estimate of drug-likeness (QED) is 0.472. The predicted octanol–water partition coefficient (Wildman–Crippen LogP) is -0.609. The second kappa shape index (κ2) is 8.38. The van der Waals surface area contributed by atoms with Gasteiger partial charge in [0.2, 0.25) is 5.16 Å². The van der Waals surface area contributed by atoms with Gasteiger partial charge >= 0.3 is 0 Å². The fourth-order valence-corrected chi connectivity index (χ4v) is 2.00. The van der Waals surface area contributed by atoms with Crippen LogP contribution in [-0.2, 0) is 20.8 Å². The molecule has 1 N–H and O–H groups in total. The SMILES string of the molecule is COCC(O)CSc1nnnn1CC(OC)OC. The fraction of sp³-hybridized carbons (Fsp3) is 0.889. The topological polar surface area (TPSA) is 91.5 Å². The maximum atomic E-state index is 9.54. The molecule has 0 aliphatic rings. The van der Waals surface area contributed by atoms with E-state index in [2.05, 4.69) is 15.5 Å². The molecule has 18 heavy (non-hydrogen) atoms. The highest BCUT2D eigenvalue weighted by Crippen LogP contribution is 2.15. The Hall–Kier alpha value is -0.740. The average Bonchev–Trinajstić information content (AvgIpc) is 2.81. The zero-order valence-corrected chi connectivity index (χ0v) is 11.5. The molecule has 0 radical (unpaired) electrons. The minimum absolute atomic E-state index is 0.285. The third-order valence-electron chi connectivity index (χ3n) is 2.11. The number of methoxy groups -OCH3 is 3. The lowest BCUT2D eigenvalue weighted by atomic mass is 10.4. The van der Waals surface area contributed by atoms with Gasteiger partial charge < -0.3 is 19.3 Å². The molecule has 1 aromatic heterocycles. The first-order chi connectivity index (χ1) is 8.71. The molecule has 0 aliphatic carbocycles. The molecule has 1 unspecified atom stereocenters. The van der Waals surface area contributed by atoms with Crippen molar-refractivity contribution in [2.24, 2.45) is 0 Å². The largest absolute Gasteiger partial charge is 0.390 e. The van der Waals surface area contributed by atoms with Crippen LogP contribution in [0.1, 0.15) is 0 Å². The van der Waals surface area contributed by atoms with Crippen molar-refractivity contribution < 1.29 is 19.3 Å². The van der Waals surface area contributed by atoms with Gasteiger partial charge in [-0.1, -0.05) is 11.8 Å². The van der Waals surface area contributed by atoms with E-state index in [9.17, 15) is 5.11 Å². The van der Waals surface area contributed by atoms with Crippen LogP contribution >= 0.6 is 11.8 Å². The first-order valence-electron chi connectivity index (χ1n) is 5.32. The van der Waals surface area contributed by atoms with Crippen molar-refractivity contribution in [3.8, 4) is 0 Å². The summed E-state index contributed by atoms with van der Waals surface area (Å²) in [4.78, 5) is 0. The third kappa shape index (κ3) is 4.86. The van der Waals surface area contributed by atoms with Gasteiger partial charge in [0.15, 0.2) is 6.29 Å². The molecule has 0 fully saturated rings. The molecule has 0 bridgehead atoms. The van der Waals surface area contributed by atoms with Gasteiger partial charge in [-0.25, -0.2) is 4.68 Å². The molecule has 1 heterocycles. The highest BCUT2D eigenvalue weighted by molar-refractivity contribution is 7.99. The number of aliphatic hydroxyl groups excluding tert-OH is 1. The van der Waals surface area contributed by atoms with E-state index in [4.69, 9.17) is 14.2 Å². The molecule has 9 heteroatoms. The van der Waals surface area contributed by atoms with Crippen molar-refractivity contribution in [3.63, 3.8) is 0 Å². The van der Waals surface area contributed by atoms with Gasteiger partial charge in [-0.3, -0.25) is 0 Å². The van der Waals surface area contributed by atoms with Crippen LogP contribution in [0.2, 0.25) is 0 Å². The smallest absolute Gasteiger partial charge is 0.209 e. The lowest BCUT2D eigenvalue weighted by Gasteiger charge is -2.13. The molecular weight excluding hydrogens is 260 g/mol. The number of hydrogen-bond donors (Lipinski definition) is 1. The fourth-order valence-electron chi connectivity index (χ4n) is 1.21. The number of nitrogens with zero attached hydrogens (tertiary/aromatic N) is 4. The van der Waals surface area contributed by atoms with Crippen molar-refractivity contribution in [3.05, 3.63) is 0 Å². The molecule has 0 saturated heterocycles. The van der Waals surface area contributed by atoms with Crippen LogP contribution in [0.15, 0.2) is 5.16 Å². The Morgan fingerprint density at radius 1 is 1.33 bits per heavy atom. The summed E-state index contributed by atoms with van der Waals surface area (Å²) >= 11 is 1.35. The maximum absolute atomic E-state index is 9.54. The zero-order chi connectivity index (χ0) is 13.4. The van der Waals surface area contributed by atoms with Crippen LogP contribution in [0.4, 0.5) is 0 Å². The summed E-state index contributed by atoms with van der Waals surface area (Å²) in [5, 5.41) is 21.4. The van der Waals surface area contributed by atoms with Gasteiger partial charge in [0.25, 0.3) is 0 Å². The molecular formula is C9H18N4O4S. The number of rotatable bonds is 9. The summed E-state index contributed by atoms with van der Waals surface area (Å²) in [6, 6.07) is 0. The van der Waals surface area contributed by atoms with E-state index in [1.54, 1.807) is 26.0 Å². The Kier molecular flexibility index (Phi) is 7.13. The van der Waals surface area contributed by atoms with E-state index in [-0.39, 0.29) is 6.61 Å². The monoisotopic (exact) mass is 278 g/mol. The lowest BCUT2D eigenvalue weighted by molar-refractivity contribution is -0.113. The minimum Gasteiger partial charge on any atom is -0.390 e. The molecule has 1 rings (SSSR count). The Balaban J connectivity index is 2.49. The number of thioether (sulfide) groups is 1. The van der Waals surface area contributed by atoms with E-state index in [1.807, 2.05) is 0 Å². The molecule has 0 saturated carbocycles. The summed E-state index contributed by atoms with van der Waals surface area (Å²) in [7, 11) is 4.64. The molecule has 1 atom stereocenters. The highest BCUT2D eigenvalue weighted by Gasteiger charge is 2.14. The summed E-state index contributed by atoms with van der Waals surface area (Å²) in [5.74, 6) is 0.457. The Bertz CT molecular complexity index is 334. The Labute approximate surface area is 110 Å². The Morgan fingerprint density at radius 3 is 2.67 bits per heavy atom. The molecule has 0 aliphatic heterocycles. The van der Waals surface area contributed by atoms with Gasteiger partial charge in [-0.2, -0.15) is 0 Å². The van der Waals surface area contributed by atoms with Crippen LogP contribution < -0.4 is 0 Å². The molecule has 1 aromatic rings. The summed E-state index contributed by atoms with van der Waals surface area (Å²) in [5.41, 5.74) is 0. The van der Waals surface area contributed by atoms with E-state index in [0.717, 1.165) is 0 Å². The first-order valence-corrected chi connectivity index (χ1v) is 6.31. The first kappa shape index (κ1) is 15.3. The van der Waals surface area contributed by atoms with Gasteiger partial charge in [0.05, 0.1) is 19.3 Å². The number of aromatic nitrogens is 4. The third-order valence-corrected chi connectivity index (χ3v) is 3.21. The van der Waals surface area contributed by atoms with Crippen LogP contribution in [0.5, 0.6) is 0 Å². The van der Waals surface area contributed by atoms with Crippen LogP contribution in [0.25, 0.3) is 0 Å². The lowest BCUT2D eigenvalue weighted by Crippen LogP contribution is -2.22. The number of hydrogen-bond acceptors (Lipinski definition) is 8. The van der Waals surface area contributed by atoms with Crippen molar-refractivity contribution in [1.29, 1.82) is 0 Å². The molecule has 0 spiro atoms. The summed E-state index contributed by atoms with van der Waals surface area (Å²) in [6.45, 7) is 0.677. The predicted molar refractivity (Wildman–Crippen MR) is 64.2 cm³/mol. The Morgan fingerprint density at radius 2 is 2.06 bits per heavy atom. The summed E-state index contributed by atoms with van der Waals surface area (Å²) < 4.78 is 16.6. The van der Waals surface area contributed by atoms with Gasteiger partial charge in [0, 0.05) is 27.1 Å². The average molecular weight is 278 g/mol.